The zero-order valence-electron chi connectivity index (χ0n) is 12.7. The van der Waals surface area contributed by atoms with Crippen LogP contribution in [0.2, 0.25) is 5.02 Å². The van der Waals surface area contributed by atoms with Gasteiger partial charge in [0.25, 0.3) is 0 Å². The van der Waals surface area contributed by atoms with Crippen molar-refractivity contribution in [3.05, 3.63) is 76.9 Å². The first-order valence-corrected chi connectivity index (χ1v) is 8.08. The molecule has 23 heavy (non-hydrogen) atoms. The van der Waals surface area contributed by atoms with Gasteiger partial charge in [-0.25, -0.2) is 0 Å². The molecule has 0 aliphatic carbocycles. The first kappa shape index (κ1) is 15.9. The number of fused-ring (bicyclic) bond motifs is 1. The number of nitrogens with zero attached hydrogens (tertiary/aromatic N) is 1. The van der Waals surface area contributed by atoms with E-state index in [2.05, 4.69) is 22.4 Å². The molecule has 0 aliphatic heterocycles. The van der Waals surface area contributed by atoms with E-state index in [0.717, 1.165) is 16.5 Å². The van der Waals surface area contributed by atoms with E-state index < -0.39 is 0 Å². The smallest absolute Gasteiger partial charge is 0.0761 e. The van der Waals surface area contributed by atoms with Gasteiger partial charge in [-0.05, 0) is 35.7 Å². The average Bonchev–Trinajstić information content (AvgIpc) is 2.61. The minimum absolute atomic E-state index is 0.107. The quantitative estimate of drug-likeness (QED) is 0.716. The lowest BCUT2D eigenvalue weighted by molar-refractivity contribution is 0.265. The molecular formula is C19H19ClN2O. The minimum Gasteiger partial charge on any atom is -0.396 e. The molecule has 0 amide bonds. The molecule has 0 spiro atoms. The van der Waals surface area contributed by atoms with Gasteiger partial charge in [0.15, 0.2) is 0 Å². The zero-order chi connectivity index (χ0) is 16.1. The predicted molar refractivity (Wildman–Crippen MR) is 94.5 cm³/mol. The normalized spacial score (nSPS) is 12.4. The summed E-state index contributed by atoms with van der Waals surface area (Å²) in [4.78, 5) is 4.46. The lowest BCUT2D eigenvalue weighted by atomic mass is 10.0. The van der Waals surface area contributed by atoms with Crippen LogP contribution >= 0.6 is 11.6 Å². The van der Waals surface area contributed by atoms with Gasteiger partial charge in [-0.3, -0.25) is 4.98 Å². The van der Waals surface area contributed by atoms with Crippen LogP contribution in [-0.2, 0) is 6.54 Å². The van der Waals surface area contributed by atoms with Crippen LogP contribution in [0.3, 0.4) is 0 Å². The van der Waals surface area contributed by atoms with E-state index in [9.17, 15) is 5.11 Å². The Kier molecular flexibility index (Phi) is 5.23. The third-order valence-corrected chi connectivity index (χ3v) is 4.29. The van der Waals surface area contributed by atoms with Crippen molar-refractivity contribution >= 4 is 22.5 Å². The first-order chi connectivity index (χ1) is 11.3. The number of nitrogens with one attached hydrogen (secondary N) is 1. The summed E-state index contributed by atoms with van der Waals surface area (Å²) >= 11 is 6.24. The lowest BCUT2D eigenvalue weighted by Gasteiger charge is -2.19. The van der Waals surface area contributed by atoms with Gasteiger partial charge in [0, 0.05) is 35.8 Å². The summed E-state index contributed by atoms with van der Waals surface area (Å²) in [7, 11) is 0. The van der Waals surface area contributed by atoms with E-state index in [-0.39, 0.29) is 12.6 Å². The Bertz CT molecular complexity index is 777. The van der Waals surface area contributed by atoms with E-state index >= 15 is 0 Å². The van der Waals surface area contributed by atoms with Crippen molar-refractivity contribution in [3.63, 3.8) is 0 Å². The number of aliphatic hydroxyl groups excluding tert-OH is 1. The van der Waals surface area contributed by atoms with Crippen molar-refractivity contribution in [2.45, 2.75) is 19.0 Å². The number of pyridine rings is 1. The van der Waals surface area contributed by atoms with Crippen LogP contribution in [-0.4, -0.2) is 16.7 Å². The van der Waals surface area contributed by atoms with Crippen LogP contribution < -0.4 is 5.32 Å². The second-order valence-corrected chi connectivity index (χ2v) is 5.87. The Labute approximate surface area is 140 Å². The highest BCUT2D eigenvalue weighted by molar-refractivity contribution is 6.35. The van der Waals surface area contributed by atoms with Crippen molar-refractivity contribution < 1.29 is 5.11 Å². The van der Waals surface area contributed by atoms with Crippen LogP contribution in [0.4, 0.5) is 0 Å². The molecule has 0 saturated heterocycles. The zero-order valence-corrected chi connectivity index (χ0v) is 13.5. The summed E-state index contributed by atoms with van der Waals surface area (Å²) in [5.74, 6) is 0. The summed E-state index contributed by atoms with van der Waals surface area (Å²) in [5.41, 5.74) is 3.19. The number of aromatic nitrogens is 1. The number of halogens is 1. The van der Waals surface area contributed by atoms with Gasteiger partial charge in [-0.1, -0.05) is 48.0 Å². The Morgan fingerprint density at radius 3 is 2.65 bits per heavy atom. The molecule has 3 rings (SSSR count). The Morgan fingerprint density at radius 2 is 1.87 bits per heavy atom. The van der Waals surface area contributed by atoms with Crippen LogP contribution in [0.25, 0.3) is 10.9 Å². The molecule has 0 bridgehead atoms. The molecule has 0 fully saturated rings. The molecule has 3 nitrogen and oxygen atoms in total. The Hall–Kier alpha value is -1.94. The first-order valence-electron chi connectivity index (χ1n) is 7.71. The molecular weight excluding hydrogens is 308 g/mol. The Morgan fingerprint density at radius 1 is 1.04 bits per heavy atom. The van der Waals surface area contributed by atoms with Gasteiger partial charge in [0.1, 0.15) is 0 Å². The van der Waals surface area contributed by atoms with Crippen molar-refractivity contribution in [1.82, 2.24) is 10.3 Å². The SMILES string of the molecule is OCCC(NCc1ccc(Cl)c2cccnc12)c1ccccc1. The van der Waals surface area contributed by atoms with Gasteiger partial charge in [0.05, 0.1) is 5.52 Å². The van der Waals surface area contributed by atoms with Gasteiger partial charge in [-0.2, -0.15) is 0 Å². The fourth-order valence-corrected chi connectivity index (χ4v) is 2.99. The fourth-order valence-electron chi connectivity index (χ4n) is 2.77. The predicted octanol–water partition coefficient (Wildman–Crippen LogP) is 4.10. The summed E-state index contributed by atoms with van der Waals surface area (Å²) in [5, 5.41) is 14.5. The van der Waals surface area contributed by atoms with Crippen molar-refractivity contribution in [1.29, 1.82) is 0 Å². The minimum atomic E-state index is 0.107. The maximum absolute atomic E-state index is 9.33. The largest absolute Gasteiger partial charge is 0.396 e. The second kappa shape index (κ2) is 7.55. The highest BCUT2D eigenvalue weighted by Gasteiger charge is 2.12. The summed E-state index contributed by atoms with van der Waals surface area (Å²) in [6.45, 7) is 0.816. The molecule has 1 aromatic heterocycles. The van der Waals surface area contributed by atoms with Gasteiger partial charge < -0.3 is 10.4 Å². The van der Waals surface area contributed by atoms with E-state index in [1.54, 1.807) is 6.20 Å². The number of hydrogen-bond acceptors (Lipinski definition) is 3. The molecule has 4 heteroatoms. The topological polar surface area (TPSA) is 45.1 Å². The number of rotatable bonds is 6. The van der Waals surface area contributed by atoms with Crippen molar-refractivity contribution in [3.8, 4) is 0 Å². The van der Waals surface area contributed by atoms with Crippen LogP contribution in [0.1, 0.15) is 23.6 Å². The molecule has 118 valence electrons. The van der Waals surface area contributed by atoms with Crippen LogP contribution in [0.15, 0.2) is 60.8 Å². The number of benzene rings is 2. The number of hydrogen-bond donors (Lipinski definition) is 2. The van der Waals surface area contributed by atoms with Crippen LogP contribution in [0.5, 0.6) is 0 Å². The molecule has 2 N–H and O–H groups in total. The molecule has 0 radical (unpaired) electrons. The third kappa shape index (κ3) is 3.70. The maximum atomic E-state index is 9.33. The second-order valence-electron chi connectivity index (χ2n) is 5.46. The molecule has 2 aromatic carbocycles. The van der Waals surface area contributed by atoms with Gasteiger partial charge in [0.2, 0.25) is 0 Å². The highest BCUT2D eigenvalue weighted by atomic mass is 35.5. The molecule has 1 atom stereocenters. The van der Waals surface area contributed by atoms with Gasteiger partial charge in [-0.15, -0.1) is 0 Å². The van der Waals surface area contributed by atoms with E-state index in [1.807, 2.05) is 42.5 Å². The molecule has 3 aromatic rings. The summed E-state index contributed by atoms with van der Waals surface area (Å²) in [6.07, 6.45) is 2.45. The molecule has 0 aliphatic rings. The van der Waals surface area contributed by atoms with Crippen molar-refractivity contribution in [2.75, 3.05) is 6.61 Å². The van der Waals surface area contributed by atoms with E-state index in [1.165, 1.54) is 5.56 Å². The summed E-state index contributed by atoms with van der Waals surface area (Å²) in [6, 6.07) is 18.1. The van der Waals surface area contributed by atoms with E-state index in [4.69, 9.17) is 11.6 Å². The van der Waals surface area contributed by atoms with Crippen LogP contribution in [0, 0.1) is 0 Å². The van der Waals surface area contributed by atoms with E-state index in [0.29, 0.717) is 18.0 Å². The molecule has 0 saturated carbocycles. The monoisotopic (exact) mass is 326 g/mol. The fraction of sp³-hybridized carbons (Fsp3) is 0.211. The third-order valence-electron chi connectivity index (χ3n) is 3.96. The van der Waals surface area contributed by atoms with Gasteiger partial charge >= 0.3 is 0 Å². The molecule has 1 heterocycles. The Balaban J connectivity index is 1.83. The molecule has 1 unspecified atom stereocenters. The lowest BCUT2D eigenvalue weighted by Crippen LogP contribution is -2.22. The number of aliphatic hydroxyl groups is 1. The summed E-state index contributed by atoms with van der Waals surface area (Å²) < 4.78 is 0. The maximum Gasteiger partial charge on any atom is 0.0761 e. The highest BCUT2D eigenvalue weighted by Crippen LogP contribution is 2.25. The standard InChI is InChI=1S/C19H19ClN2O/c20-17-9-8-15(19-16(17)7-4-11-21-19)13-22-18(10-12-23)14-5-2-1-3-6-14/h1-9,11,18,22-23H,10,12-13H2. The average molecular weight is 327 g/mol. The van der Waals surface area contributed by atoms with Crippen molar-refractivity contribution in [2.24, 2.45) is 0 Å².